The first kappa shape index (κ1) is 26.0. The van der Waals surface area contributed by atoms with E-state index in [4.69, 9.17) is 16.3 Å². The Morgan fingerprint density at radius 1 is 1.17 bits per heavy atom. The van der Waals surface area contributed by atoms with Gasteiger partial charge in [0.1, 0.15) is 12.6 Å². The van der Waals surface area contributed by atoms with Crippen LogP contribution < -0.4 is 21.5 Å². The van der Waals surface area contributed by atoms with E-state index in [1.54, 1.807) is 12.1 Å². The number of carbonyl (C=O) groups excluding carboxylic acids is 2. The summed E-state index contributed by atoms with van der Waals surface area (Å²) in [5.41, 5.74) is 13.3. The Bertz CT molecular complexity index is 1180. The molecule has 0 aromatic heterocycles. The lowest BCUT2D eigenvalue weighted by molar-refractivity contribution is -0.139. The zero-order valence-electron chi connectivity index (χ0n) is 19.4. The van der Waals surface area contributed by atoms with E-state index in [9.17, 15) is 18.0 Å². The number of oxime groups is 1. The van der Waals surface area contributed by atoms with E-state index in [-0.39, 0.29) is 30.6 Å². The van der Waals surface area contributed by atoms with Crippen molar-refractivity contribution >= 4 is 27.8 Å². The molecule has 1 aliphatic rings. The van der Waals surface area contributed by atoms with Gasteiger partial charge in [-0.1, -0.05) is 36.4 Å². The Morgan fingerprint density at radius 3 is 2.57 bits per heavy atom. The van der Waals surface area contributed by atoms with Crippen molar-refractivity contribution in [2.24, 2.45) is 16.6 Å². The standard InChI is InChI=1S/C23H30N6O5S/c1-16-5-2-3-6-19(16)17-8-10-18(11-9-17)35(32,33)28-20-7-4-13-29(22(20)31)15-21(30)26-12-14-34-27-23(24)25/h2-3,5-6,8-11,20,28H,4,7,12-15H2,1H3,(H,26,30)(H4,24,25,27)/t20-/m0/s1. The number of rotatable bonds is 10. The van der Waals surface area contributed by atoms with Gasteiger partial charge in [-0.15, -0.1) is 0 Å². The van der Waals surface area contributed by atoms with Gasteiger partial charge in [0.15, 0.2) is 0 Å². The predicted molar refractivity (Wildman–Crippen MR) is 131 cm³/mol. The second-order valence-electron chi connectivity index (χ2n) is 8.11. The van der Waals surface area contributed by atoms with Gasteiger partial charge >= 0.3 is 0 Å². The number of amides is 2. The van der Waals surface area contributed by atoms with Crippen LogP contribution in [0, 0.1) is 6.92 Å². The minimum Gasteiger partial charge on any atom is -0.391 e. The number of carbonyl (C=O) groups is 2. The number of guanidine groups is 1. The maximum atomic E-state index is 12.9. The van der Waals surface area contributed by atoms with Crippen LogP contribution in [0.3, 0.4) is 0 Å². The van der Waals surface area contributed by atoms with Crippen molar-refractivity contribution in [1.82, 2.24) is 14.9 Å². The van der Waals surface area contributed by atoms with Crippen LogP contribution in [-0.2, 0) is 24.4 Å². The zero-order chi connectivity index (χ0) is 25.4. The maximum absolute atomic E-state index is 12.9. The van der Waals surface area contributed by atoms with Crippen LogP contribution in [0.5, 0.6) is 0 Å². The van der Waals surface area contributed by atoms with E-state index in [0.717, 1.165) is 16.7 Å². The quantitative estimate of drug-likeness (QED) is 0.156. The summed E-state index contributed by atoms with van der Waals surface area (Å²) in [6.07, 6.45) is 0.913. The summed E-state index contributed by atoms with van der Waals surface area (Å²) in [6, 6.07) is 13.4. The zero-order valence-corrected chi connectivity index (χ0v) is 20.3. The smallest absolute Gasteiger partial charge is 0.241 e. The second kappa shape index (κ2) is 11.7. The highest BCUT2D eigenvalue weighted by atomic mass is 32.2. The van der Waals surface area contributed by atoms with Crippen molar-refractivity contribution in [2.45, 2.75) is 30.7 Å². The number of hydrogen-bond donors (Lipinski definition) is 4. The third-order valence-corrected chi connectivity index (χ3v) is 6.96. The molecule has 1 heterocycles. The van der Waals surface area contributed by atoms with Gasteiger partial charge in [-0.2, -0.15) is 4.72 Å². The lowest BCUT2D eigenvalue weighted by Gasteiger charge is -2.32. The highest BCUT2D eigenvalue weighted by molar-refractivity contribution is 7.89. The van der Waals surface area contributed by atoms with Gasteiger partial charge in [0.2, 0.25) is 27.8 Å². The summed E-state index contributed by atoms with van der Waals surface area (Å²) in [5.74, 6) is -1.07. The summed E-state index contributed by atoms with van der Waals surface area (Å²) in [4.78, 5) is 31.2. The number of piperidine rings is 1. The summed E-state index contributed by atoms with van der Waals surface area (Å²) in [7, 11) is -3.93. The number of likely N-dealkylation sites (tertiary alicyclic amines) is 1. The number of nitrogens with zero attached hydrogens (tertiary/aromatic N) is 2. The first-order valence-corrected chi connectivity index (χ1v) is 12.6. The monoisotopic (exact) mass is 502 g/mol. The maximum Gasteiger partial charge on any atom is 0.241 e. The van der Waals surface area contributed by atoms with Crippen molar-refractivity contribution in [3.8, 4) is 11.1 Å². The fraction of sp³-hybridized carbons (Fsp3) is 0.348. The highest BCUT2D eigenvalue weighted by Crippen LogP contribution is 2.25. The van der Waals surface area contributed by atoms with Gasteiger partial charge in [-0.05, 0) is 53.7 Å². The van der Waals surface area contributed by atoms with Crippen molar-refractivity contribution in [1.29, 1.82) is 0 Å². The molecule has 188 valence electrons. The first-order valence-electron chi connectivity index (χ1n) is 11.1. The lowest BCUT2D eigenvalue weighted by Crippen LogP contribution is -2.54. The number of nitrogens with two attached hydrogens (primary N) is 2. The second-order valence-corrected chi connectivity index (χ2v) is 9.83. The third kappa shape index (κ3) is 7.17. The molecule has 1 atom stereocenters. The minimum atomic E-state index is -3.93. The first-order chi connectivity index (χ1) is 16.7. The molecule has 2 aromatic rings. The van der Waals surface area contributed by atoms with E-state index < -0.39 is 27.9 Å². The number of hydrogen-bond acceptors (Lipinski definition) is 6. The highest BCUT2D eigenvalue weighted by Gasteiger charge is 2.33. The van der Waals surface area contributed by atoms with E-state index in [2.05, 4.69) is 15.2 Å². The molecule has 1 aliphatic heterocycles. The fourth-order valence-corrected chi connectivity index (χ4v) is 4.98. The van der Waals surface area contributed by atoms with Crippen LogP contribution in [-0.4, -0.2) is 63.4 Å². The number of sulfonamides is 1. The molecule has 2 amide bonds. The van der Waals surface area contributed by atoms with Crippen molar-refractivity contribution in [3.05, 3.63) is 54.1 Å². The molecule has 0 bridgehead atoms. The van der Waals surface area contributed by atoms with Crippen LogP contribution in [0.2, 0.25) is 0 Å². The van der Waals surface area contributed by atoms with Gasteiger partial charge in [0.25, 0.3) is 0 Å². The summed E-state index contributed by atoms with van der Waals surface area (Å²) in [6.45, 7) is 2.36. The molecule has 2 aromatic carbocycles. The molecule has 12 heteroatoms. The SMILES string of the molecule is Cc1ccccc1-c1ccc(S(=O)(=O)N[C@H]2CCCN(CC(=O)NCCON=C(N)N)C2=O)cc1. The number of benzene rings is 2. The third-order valence-electron chi connectivity index (χ3n) is 5.47. The van der Waals surface area contributed by atoms with Crippen LogP contribution in [0.25, 0.3) is 11.1 Å². The molecule has 0 radical (unpaired) electrons. The Balaban J connectivity index is 1.58. The molecule has 11 nitrogen and oxygen atoms in total. The normalized spacial score (nSPS) is 16.0. The van der Waals surface area contributed by atoms with E-state index in [1.807, 2.05) is 31.2 Å². The summed E-state index contributed by atoms with van der Waals surface area (Å²) in [5, 5.41) is 5.92. The largest absolute Gasteiger partial charge is 0.391 e. The molecule has 1 saturated heterocycles. The van der Waals surface area contributed by atoms with Gasteiger partial charge in [-0.3, -0.25) is 9.59 Å². The Morgan fingerprint density at radius 2 is 1.89 bits per heavy atom. The molecule has 35 heavy (non-hydrogen) atoms. The lowest BCUT2D eigenvalue weighted by atomic mass is 10.0. The Hall–Kier alpha value is -3.64. The van der Waals surface area contributed by atoms with Crippen molar-refractivity contribution in [2.75, 3.05) is 26.2 Å². The van der Waals surface area contributed by atoms with E-state index in [1.165, 1.54) is 17.0 Å². The van der Waals surface area contributed by atoms with E-state index >= 15 is 0 Å². The van der Waals surface area contributed by atoms with Crippen LogP contribution in [0.15, 0.2) is 58.6 Å². The molecular formula is C23H30N6O5S. The molecule has 0 saturated carbocycles. The summed E-state index contributed by atoms with van der Waals surface area (Å²) < 4.78 is 28.4. The van der Waals surface area contributed by atoms with Crippen molar-refractivity contribution < 1.29 is 22.8 Å². The topological polar surface area (TPSA) is 169 Å². The molecule has 1 fully saturated rings. The Kier molecular flexibility index (Phi) is 8.66. The molecule has 0 unspecified atom stereocenters. The predicted octanol–water partition coefficient (Wildman–Crippen LogP) is 0.253. The average Bonchev–Trinajstić information content (AvgIpc) is 2.81. The van der Waals surface area contributed by atoms with Crippen molar-refractivity contribution in [3.63, 3.8) is 0 Å². The molecule has 0 aliphatic carbocycles. The fourth-order valence-electron chi connectivity index (χ4n) is 3.76. The average molecular weight is 503 g/mol. The number of aryl methyl sites for hydroxylation is 1. The molecule has 6 N–H and O–H groups in total. The van der Waals surface area contributed by atoms with E-state index in [0.29, 0.717) is 19.4 Å². The van der Waals surface area contributed by atoms with Crippen LogP contribution in [0.1, 0.15) is 18.4 Å². The van der Waals surface area contributed by atoms with Gasteiger partial charge in [0, 0.05) is 6.54 Å². The molecule has 0 spiro atoms. The minimum absolute atomic E-state index is 0.0582. The van der Waals surface area contributed by atoms with Gasteiger partial charge < -0.3 is 26.5 Å². The van der Waals surface area contributed by atoms with Gasteiger partial charge in [-0.25, -0.2) is 8.42 Å². The number of nitrogens with one attached hydrogen (secondary N) is 2. The Labute approximate surface area is 204 Å². The molecular weight excluding hydrogens is 472 g/mol. The van der Waals surface area contributed by atoms with Crippen LogP contribution in [0.4, 0.5) is 0 Å². The summed E-state index contributed by atoms with van der Waals surface area (Å²) >= 11 is 0. The molecule has 3 rings (SSSR count). The van der Waals surface area contributed by atoms with Crippen LogP contribution >= 0.6 is 0 Å². The van der Waals surface area contributed by atoms with Gasteiger partial charge in [0.05, 0.1) is 18.0 Å².